The second kappa shape index (κ2) is 4.57. The third-order valence-electron chi connectivity index (χ3n) is 1.22. The molecule has 0 unspecified atom stereocenters. The molecule has 1 aromatic carbocycles. The summed E-state index contributed by atoms with van der Waals surface area (Å²) in [6.45, 7) is 0. The molecule has 66 valence electrons. The molecule has 0 heterocycles. The zero-order chi connectivity index (χ0) is 9.46. The van der Waals surface area contributed by atoms with E-state index >= 15 is 0 Å². The topological polar surface area (TPSA) is 0 Å². The van der Waals surface area contributed by atoms with Crippen molar-refractivity contribution in [2.45, 2.75) is 9.79 Å². The van der Waals surface area contributed by atoms with Gasteiger partial charge in [-0.05, 0) is 63.7 Å². The number of halogens is 4. The van der Waals surface area contributed by atoms with Crippen LogP contribution in [-0.4, -0.2) is 0 Å². The molecule has 1 rings (SSSR count). The Morgan fingerprint density at radius 2 is 0.750 bits per heavy atom. The predicted octanol–water partition coefficient (Wildman–Crippen LogP) is 5.31. The van der Waals surface area contributed by atoms with Crippen molar-refractivity contribution in [2.75, 3.05) is 0 Å². The molecule has 0 radical (unpaired) electrons. The maximum absolute atomic E-state index is 4.31. The van der Waals surface area contributed by atoms with Gasteiger partial charge in [0.25, 0.3) is 0 Å². The second-order valence-corrected chi connectivity index (χ2v) is 6.02. The Morgan fingerprint density at radius 1 is 0.583 bits per heavy atom. The summed E-state index contributed by atoms with van der Waals surface area (Å²) in [6, 6.07) is 0. The van der Waals surface area contributed by atoms with Gasteiger partial charge >= 0.3 is 0 Å². The smallest absolute Gasteiger partial charge is 0.0474 e. The summed E-state index contributed by atoms with van der Waals surface area (Å²) in [5, 5.41) is 0. The molecule has 0 N–H and O–H groups in total. The predicted molar refractivity (Wildman–Crippen MR) is 71.7 cm³/mol. The summed E-state index contributed by atoms with van der Waals surface area (Å²) >= 11 is 22.2. The fourth-order valence-corrected chi connectivity index (χ4v) is 3.79. The van der Waals surface area contributed by atoms with Crippen LogP contribution in [0.5, 0.6) is 0 Å². The molecule has 0 aliphatic rings. The van der Waals surface area contributed by atoms with Crippen molar-refractivity contribution in [3.05, 3.63) is 17.9 Å². The van der Waals surface area contributed by atoms with Crippen molar-refractivity contribution in [3.63, 3.8) is 0 Å². The summed E-state index contributed by atoms with van der Waals surface area (Å²) in [5.41, 5.74) is 0. The van der Waals surface area contributed by atoms with Crippen LogP contribution in [0.2, 0.25) is 0 Å². The highest BCUT2D eigenvalue weighted by Gasteiger charge is 2.14. The highest BCUT2D eigenvalue weighted by molar-refractivity contribution is 9.14. The van der Waals surface area contributed by atoms with Crippen LogP contribution >= 0.6 is 89.0 Å². The van der Waals surface area contributed by atoms with E-state index in [1.807, 2.05) is 0 Å². The summed E-state index contributed by atoms with van der Waals surface area (Å²) in [4.78, 5) is 1.68. The summed E-state index contributed by atoms with van der Waals surface area (Å²) in [6.07, 6.45) is 0. The Hall–Kier alpha value is 1.84. The van der Waals surface area contributed by atoms with Crippen LogP contribution < -0.4 is 0 Å². The number of hydrogen-bond acceptors (Lipinski definition) is 2. The van der Waals surface area contributed by atoms with Gasteiger partial charge in [0.05, 0.1) is 0 Å². The minimum atomic E-state index is 0.839. The van der Waals surface area contributed by atoms with Gasteiger partial charge in [-0.1, -0.05) is 0 Å². The van der Waals surface area contributed by atoms with Crippen LogP contribution in [0.1, 0.15) is 0 Å². The summed E-state index contributed by atoms with van der Waals surface area (Å²) < 4.78 is 3.58. The zero-order valence-corrected chi connectivity index (χ0v) is 13.5. The molecule has 0 nitrogen and oxygen atoms in total. The molecule has 0 amide bonds. The number of rotatable bonds is 0. The fourth-order valence-electron chi connectivity index (χ4n) is 0.609. The molecule has 0 fully saturated rings. The average molecular weight is 458 g/mol. The first-order valence-electron chi connectivity index (χ1n) is 2.70. The highest BCUT2D eigenvalue weighted by atomic mass is 79.9. The van der Waals surface area contributed by atoms with E-state index in [4.69, 9.17) is 0 Å². The van der Waals surface area contributed by atoms with Crippen LogP contribution in [0.3, 0.4) is 0 Å². The zero-order valence-electron chi connectivity index (χ0n) is 5.41. The maximum atomic E-state index is 4.31. The van der Waals surface area contributed by atoms with Crippen LogP contribution in [0.4, 0.5) is 0 Å². The van der Waals surface area contributed by atoms with Gasteiger partial charge in [-0.25, -0.2) is 0 Å². The Labute approximate surface area is 115 Å². The SMILES string of the molecule is Sc1c(Br)c(Br)c(S)c(Br)c1Br. The molecule has 0 aliphatic heterocycles. The number of benzene rings is 1. The molecule has 0 saturated carbocycles. The summed E-state index contributed by atoms with van der Waals surface area (Å²) in [7, 11) is 0. The van der Waals surface area contributed by atoms with E-state index in [0.717, 1.165) is 27.7 Å². The lowest BCUT2D eigenvalue weighted by Crippen LogP contribution is -1.82. The first-order valence-corrected chi connectivity index (χ1v) is 6.77. The van der Waals surface area contributed by atoms with Gasteiger partial charge in [0.1, 0.15) is 0 Å². The van der Waals surface area contributed by atoms with Gasteiger partial charge in [0.15, 0.2) is 0 Å². The quantitative estimate of drug-likeness (QED) is 0.383. The molecular formula is C6H2Br4S2. The summed E-state index contributed by atoms with van der Waals surface area (Å²) in [5.74, 6) is 0. The maximum Gasteiger partial charge on any atom is 0.0474 e. The van der Waals surface area contributed by atoms with Gasteiger partial charge in [-0.15, -0.1) is 25.3 Å². The third-order valence-corrected chi connectivity index (χ3v) is 7.57. The van der Waals surface area contributed by atoms with Crippen molar-refractivity contribution < 1.29 is 0 Å². The Bertz CT molecular complexity index is 232. The van der Waals surface area contributed by atoms with E-state index in [2.05, 4.69) is 89.0 Å². The van der Waals surface area contributed by atoms with E-state index in [-0.39, 0.29) is 0 Å². The lowest BCUT2D eigenvalue weighted by molar-refractivity contribution is 1.21. The first kappa shape index (κ1) is 11.9. The number of thiol groups is 2. The van der Waals surface area contributed by atoms with E-state index < -0.39 is 0 Å². The third kappa shape index (κ3) is 2.08. The Morgan fingerprint density at radius 3 is 0.917 bits per heavy atom. The largest absolute Gasteiger partial charge is 0.141 e. The number of hydrogen-bond donors (Lipinski definition) is 2. The minimum Gasteiger partial charge on any atom is -0.141 e. The van der Waals surface area contributed by atoms with Crippen LogP contribution in [-0.2, 0) is 0 Å². The highest BCUT2D eigenvalue weighted by Crippen LogP contribution is 2.44. The van der Waals surface area contributed by atoms with Gasteiger partial charge in [0.2, 0.25) is 0 Å². The molecule has 0 aliphatic carbocycles. The van der Waals surface area contributed by atoms with Crippen molar-refractivity contribution in [2.24, 2.45) is 0 Å². The van der Waals surface area contributed by atoms with Crippen LogP contribution in [0.15, 0.2) is 27.7 Å². The molecule has 1 aromatic rings. The molecule has 0 saturated heterocycles. The molecule has 0 aromatic heterocycles. The average Bonchev–Trinajstić information content (AvgIpc) is 2.08. The van der Waals surface area contributed by atoms with Crippen LogP contribution in [0, 0.1) is 0 Å². The molecule has 0 bridgehead atoms. The van der Waals surface area contributed by atoms with Crippen molar-refractivity contribution in [3.8, 4) is 0 Å². The van der Waals surface area contributed by atoms with E-state index in [0.29, 0.717) is 0 Å². The second-order valence-electron chi connectivity index (χ2n) is 1.95. The van der Waals surface area contributed by atoms with Gasteiger partial charge in [-0.2, -0.15) is 0 Å². The molecule has 12 heavy (non-hydrogen) atoms. The molecule has 6 heteroatoms. The van der Waals surface area contributed by atoms with Crippen molar-refractivity contribution in [1.82, 2.24) is 0 Å². The van der Waals surface area contributed by atoms with Gasteiger partial charge < -0.3 is 0 Å². The molecular weight excluding hydrogens is 456 g/mol. The fraction of sp³-hybridized carbons (Fsp3) is 0. The van der Waals surface area contributed by atoms with Gasteiger partial charge in [-0.3, -0.25) is 0 Å². The minimum absolute atomic E-state index is 0.839. The van der Waals surface area contributed by atoms with E-state index in [1.54, 1.807) is 0 Å². The monoisotopic (exact) mass is 454 g/mol. The standard InChI is InChI=1S/C6H2Br4S2/c7-1-2(8)6(12)4(10)3(9)5(1)11/h11-12H. The lowest BCUT2D eigenvalue weighted by Gasteiger charge is -2.09. The van der Waals surface area contributed by atoms with Crippen LogP contribution in [0.25, 0.3) is 0 Å². The molecule has 0 spiro atoms. The Kier molecular flexibility index (Phi) is 4.54. The molecule has 0 atom stereocenters. The first-order chi connectivity index (χ1) is 5.46. The van der Waals surface area contributed by atoms with E-state index in [1.165, 1.54) is 0 Å². The lowest BCUT2D eigenvalue weighted by atomic mass is 10.4. The van der Waals surface area contributed by atoms with Crippen molar-refractivity contribution in [1.29, 1.82) is 0 Å². The Balaban J connectivity index is 3.60. The van der Waals surface area contributed by atoms with Crippen molar-refractivity contribution >= 4 is 89.0 Å². The van der Waals surface area contributed by atoms with Gasteiger partial charge in [0, 0.05) is 27.7 Å². The normalized spacial score (nSPS) is 10.5. The van der Waals surface area contributed by atoms with E-state index in [9.17, 15) is 0 Å².